The Labute approximate surface area is 116 Å². The highest BCUT2D eigenvalue weighted by atomic mass is 15.6. The first-order chi connectivity index (χ1) is 9.09. The van der Waals surface area contributed by atoms with Crippen LogP contribution in [-0.2, 0) is 0 Å². The molecule has 1 N–H and O–H groups in total. The molecule has 108 valence electrons. The van der Waals surface area contributed by atoms with Crippen LogP contribution in [0.4, 0.5) is 0 Å². The monoisotopic (exact) mass is 265 g/mol. The number of nitrogens with zero attached hydrogens (tertiary/aromatic N) is 4. The van der Waals surface area contributed by atoms with E-state index >= 15 is 0 Å². The molecule has 0 radical (unpaired) electrons. The van der Waals surface area contributed by atoms with E-state index in [0.29, 0.717) is 17.9 Å². The fourth-order valence-corrected chi connectivity index (χ4v) is 2.89. The highest BCUT2D eigenvalue weighted by Crippen LogP contribution is 2.34. The predicted octanol–water partition coefficient (Wildman–Crippen LogP) is 2.73. The smallest absolute Gasteiger partial charge is 0.168 e. The molecule has 0 bridgehead atoms. The number of aromatic nitrogens is 4. The molecule has 1 aliphatic carbocycles. The SMILES string of the molecule is CC(C)CNC(C)c1nnnn1C1CCCCC1C. The van der Waals surface area contributed by atoms with Crippen LogP contribution >= 0.6 is 0 Å². The molecular formula is C14H27N5. The van der Waals surface area contributed by atoms with Crippen LogP contribution in [0.15, 0.2) is 0 Å². The summed E-state index contributed by atoms with van der Waals surface area (Å²) in [6.07, 6.45) is 5.13. The summed E-state index contributed by atoms with van der Waals surface area (Å²) in [5.41, 5.74) is 0. The molecule has 0 aromatic carbocycles. The number of rotatable bonds is 5. The van der Waals surface area contributed by atoms with Crippen molar-refractivity contribution in [3.63, 3.8) is 0 Å². The zero-order valence-electron chi connectivity index (χ0n) is 12.6. The molecule has 19 heavy (non-hydrogen) atoms. The first-order valence-electron chi connectivity index (χ1n) is 7.60. The molecule has 0 spiro atoms. The lowest BCUT2D eigenvalue weighted by molar-refractivity contribution is 0.227. The third-order valence-corrected chi connectivity index (χ3v) is 4.12. The van der Waals surface area contributed by atoms with Gasteiger partial charge in [0.2, 0.25) is 0 Å². The maximum Gasteiger partial charge on any atom is 0.168 e. The molecular weight excluding hydrogens is 238 g/mol. The molecule has 3 unspecified atom stereocenters. The highest BCUT2D eigenvalue weighted by Gasteiger charge is 2.27. The Balaban J connectivity index is 2.08. The van der Waals surface area contributed by atoms with Gasteiger partial charge >= 0.3 is 0 Å². The molecule has 2 rings (SSSR count). The first-order valence-corrected chi connectivity index (χ1v) is 7.60. The van der Waals surface area contributed by atoms with Crippen LogP contribution in [0.5, 0.6) is 0 Å². The average molecular weight is 265 g/mol. The highest BCUT2D eigenvalue weighted by molar-refractivity contribution is 4.94. The van der Waals surface area contributed by atoms with E-state index in [1.807, 2.05) is 0 Å². The van der Waals surface area contributed by atoms with Crippen molar-refractivity contribution in [1.29, 1.82) is 0 Å². The number of hydrogen-bond acceptors (Lipinski definition) is 4. The van der Waals surface area contributed by atoms with E-state index in [1.54, 1.807) is 0 Å². The molecule has 0 aliphatic heterocycles. The molecule has 0 saturated heterocycles. The molecule has 5 nitrogen and oxygen atoms in total. The van der Waals surface area contributed by atoms with Gasteiger partial charge in [0.25, 0.3) is 0 Å². The lowest BCUT2D eigenvalue weighted by atomic mass is 9.86. The van der Waals surface area contributed by atoms with Crippen molar-refractivity contribution in [3.05, 3.63) is 5.82 Å². The van der Waals surface area contributed by atoms with Crippen molar-refractivity contribution in [1.82, 2.24) is 25.5 Å². The van der Waals surface area contributed by atoms with Gasteiger partial charge in [0.1, 0.15) is 0 Å². The van der Waals surface area contributed by atoms with Crippen LogP contribution in [0, 0.1) is 11.8 Å². The first kappa shape index (κ1) is 14.4. The van der Waals surface area contributed by atoms with Gasteiger partial charge in [0, 0.05) is 0 Å². The summed E-state index contributed by atoms with van der Waals surface area (Å²) in [6.45, 7) is 9.89. The molecule has 1 saturated carbocycles. The second kappa shape index (κ2) is 6.46. The number of nitrogens with one attached hydrogen (secondary N) is 1. The van der Waals surface area contributed by atoms with Gasteiger partial charge in [-0.3, -0.25) is 0 Å². The third kappa shape index (κ3) is 3.53. The lowest BCUT2D eigenvalue weighted by Crippen LogP contribution is -2.29. The van der Waals surface area contributed by atoms with E-state index < -0.39 is 0 Å². The fourth-order valence-electron chi connectivity index (χ4n) is 2.89. The standard InChI is InChI=1S/C14H27N5/c1-10(2)9-15-12(4)14-16-17-18-19(14)13-8-6-5-7-11(13)3/h10-13,15H,5-9H2,1-4H3. The zero-order chi connectivity index (χ0) is 13.8. The summed E-state index contributed by atoms with van der Waals surface area (Å²) < 4.78 is 2.07. The fraction of sp³-hybridized carbons (Fsp3) is 0.929. The Morgan fingerprint density at radius 2 is 2.00 bits per heavy atom. The average Bonchev–Trinajstić information content (AvgIpc) is 2.85. The minimum Gasteiger partial charge on any atom is -0.307 e. The van der Waals surface area contributed by atoms with E-state index in [-0.39, 0.29) is 6.04 Å². The Kier molecular flexibility index (Phi) is 4.91. The third-order valence-electron chi connectivity index (χ3n) is 4.12. The van der Waals surface area contributed by atoms with Crippen molar-refractivity contribution in [2.24, 2.45) is 11.8 Å². The second-order valence-electron chi connectivity index (χ2n) is 6.33. The van der Waals surface area contributed by atoms with E-state index in [2.05, 4.69) is 53.2 Å². The molecule has 1 aromatic rings. The van der Waals surface area contributed by atoms with Crippen LogP contribution in [0.3, 0.4) is 0 Å². The van der Waals surface area contributed by atoms with Gasteiger partial charge in [-0.1, -0.05) is 33.6 Å². The lowest BCUT2D eigenvalue weighted by Gasteiger charge is -2.30. The molecule has 0 amide bonds. The van der Waals surface area contributed by atoms with Crippen molar-refractivity contribution < 1.29 is 0 Å². The summed E-state index contributed by atoms with van der Waals surface area (Å²) >= 11 is 0. The largest absolute Gasteiger partial charge is 0.307 e. The van der Waals surface area contributed by atoms with E-state index in [9.17, 15) is 0 Å². The summed E-state index contributed by atoms with van der Waals surface area (Å²) in [4.78, 5) is 0. The summed E-state index contributed by atoms with van der Waals surface area (Å²) in [5.74, 6) is 2.30. The number of tetrazole rings is 1. The van der Waals surface area contributed by atoms with Gasteiger partial charge < -0.3 is 5.32 Å². The van der Waals surface area contributed by atoms with E-state index in [0.717, 1.165) is 12.4 Å². The van der Waals surface area contributed by atoms with Gasteiger partial charge in [0.15, 0.2) is 5.82 Å². The summed E-state index contributed by atoms with van der Waals surface area (Å²) in [7, 11) is 0. The summed E-state index contributed by atoms with van der Waals surface area (Å²) in [6, 6.07) is 0.688. The second-order valence-corrected chi connectivity index (χ2v) is 6.33. The van der Waals surface area contributed by atoms with Crippen LogP contribution in [0.25, 0.3) is 0 Å². The normalized spacial score (nSPS) is 25.7. The Hall–Kier alpha value is -0.970. The van der Waals surface area contributed by atoms with Crippen molar-refractivity contribution >= 4 is 0 Å². The molecule has 1 aliphatic rings. The Morgan fingerprint density at radius 1 is 1.26 bits per heavy atom. The molecule has 1 heterocycles. The predicted molar refractivity (Wildman–Crippen MR) is 75.7 cm³/mol. The maximum atomic E-state index is 4.25. The van der Waals surface area contributed by atoms with E-state index in [4.69, 9.17) is 0 Å². The molecule has 5 heteroatoms. The minimum atomic E-state index is 0.214. The molecule has 1 fully saturated rings. The van der Waals surface area contributed by atoms with Gasteiger partial charge in [-0.2, -0.15) is 0 Å². The van der Waals surface area contributed by atoms with Gasteiger partial charge in [-0.15, -0.1) is 5.10 Å². The van der Waals surface area contributed by atoms with E-state index in [1.165, 1.54) is 25.7 Å². The zero-order valence-corrected chi connectivity index (χ0v) is 12.6. The van der Waals surface area contributed by atoms with Gasteiger partial charge in [-0.05, 0) is 48.6 Å². The van der Waals surface area contributed by atoms with Crippen LogP contribution in [0.2, 0.25) is 0 Å². The Bertz CT molecular complexity index is 387. The van der Waals surface area contributed by atoms with Crippen LogP contribution in [0.1, 0.15) is 71.3 Å². The van der Waals surface area contributed by atoms with Crippen molar-refractivity contribution in [2.75, 3.05) is 6.54 Å². The van der Waals surface area contributed by atoms with Crippen LogP contribution < -0.4 is 5.32 Å². The van der Waals surface area contributed by atoms with Gasteiger partial charge in [0.05, 0.1) is 12.1 Å². The van der Waals surface area contributed by atoms with Crippen LogP contribution in [-0.4, -0.2) is 26.8 Å². The molecule has 1 aromatic heterocycles. The summed E-state index contributed by atoms with van der Waals surface area (Å²) in [5, 5.41) is 15.9. The Morgan fingerprint density at radius 3 is 2.68 bits per heavy atom. The topological polar surface area (TPSA) is 55.6 Å². The van der Waals surface area contributed by atoms with Gasteiger partial charge in [-0.25, -0.2) is 4.68 Å². The van der Waals surface area contributed by atoms with Crippen molar-refractivity contribution in [2.45, 2.75) is 65.5 Å². The maximum absolute atomic E-state index is 4.25. The van der Waals surface area contributed by atoms with Crippen molar-refractivity contribution in [3.8, 4) is 0 Å². The quantitative estimate of drug-likeness (QED) is 0.889. The number of hydrogen-bond donors (Lipinski definition) is 1. The molecule has 3 atom stereocenters. The minimum absolute atomic E-state index is 0.214.